The second-order valence-corrected chi connectivity index (χ2v) is 5.54. The number of nitrogens with zero attached hydrogens (tertiary/aromatic N) is 2. The number of rotatable bonds is 5. The lowest BCUT2D eigenvalue weighted by atomic mass is 9.92. The van der Waals surface area contributed by atoms with Crippen molar-refractivity contribution in [2.45, 2.75) is 59.0 Å². The summed E-state index contributed by atoms with van der Waals surface area (Å²) in [6, 6.07) is 0. The highest BCUT2D eigenvalue weighted by molar-refractivity contribution is 9.10. The van der Waals surface area contributed by atoms with Gasteiger partial charge in [-0.15, -0.1) is 0 Å². The quantitative estimate of drug-likeness (QED) is 0.905. The van der Waals surface area contributed by atoms with E-state index in [1.165, 1.54) is 5.69 Å². The fraction of sp³-hybridized carbons (Fsp3) is 0.750. The lowest BCUT2D eigenvalue weighted by Gasteiger charge is -2.24. The number of aryl methyl sites for hydroxylation is 2. The predicted molar refractivity (Wildman–Crippen MR) is 71.5 cm³/mol. The molecule has 0 aliphatic heterocycles. The van der Waals surface area contributed by atoms with Crippen molar-refractivity contribution in [3.05, 3.63) is 15.9 Å². The Kier molecular flexibility index (Phi) is 4.56. The molecule has 1 aromatic rings. The van der Waals surface area contributed by atoms with Crippen molar-refractivity contribution in [1.29, 1.82) is 0 Å². The molecule has 1 aromatic heterocycles. The average molecular weight is 288 g/mol. The molecule has 3 nitrogen and oxygen atoms in total. The molecule has 1 unspecified atom stereocenters. The summed E-state index contributed by atoms with van der Waals surface area (Å²) in [5.74, 6) is 0. The van der Waals surface area contributed by atoms with Crippen LogP contribution in [0.2, 0.25) is 0 Å². The van der Waals surface area contributed by atoms with Gasteiger partial charge in [0.05, 0.1) is 15.9 Å². The van der Waals surface area contributed by atoms with Crippen molar-refractivity contribution in [3.8, 4) is 0 Å². The highest BCUT2D eigenvalue weighted by Crippen LogP contribution is 2.25. The van der Waals surface area contributed by atoms with E-state index in [-0.39, 0.29) is 5.54 Å². The van der Waals surface area contributed by atoms with Gasteiger partial charge in [0, 0.05) is 18.5 Å². The van der Waals surface area contributed by atoms with Gasteiger partial charge in [-0.05, 0) is 43.1 Å². The summed E-state index contributed by atoms with van der Waals surface area (Å²) in [5.41, 5.74) is 8.42. The smallest absolute Gasteiger partial charge is 0.0738 e. The Morgan fingerprint density at radius 2 is 2.06 bits per heavy atom. The van der Waals surface area contributed by atoms with Crippen molar-refractivity contribution < 1.29 is 0 Å². The van der Waals surface area contributed by atoms with E-state index in [1.807, 2.05) is 11.6 Å². The van der Waals surface area contributed by atoms with E-state index in [1.54, 1.807) is 0 Å². The number of hydrogen-bond acceptors (Lipinski definition) is 2. The molecule has 4 heteroatoms. The summed E-state index contributed by atoms with van der Waals surface area (Å²) in [6.07, 6.45) is 3.02. The summed E-state index contributed by atoms with van der Waals surface area (Å²) in [5, 5.41) is 4.49. The lowest BCUT2D eigenvalue weighted by molar-refractivity contribution is 0.408. The molecule has 1 heterocycles. The molecule has 16 heavy (non-hydrogen) atoms. The van der Waals surface area contributed by atoms with Crippen molar-refractivity contribution in [1.82, 2.24) is 9.78 Å². The third-order valence-corrected chi connectivity index (χ3v) is 3.88. The molecule has 0 radical (unpaired) electrons. The van der Waals surface area contributed by atoms with Gasteiger partial charge in [0.25, 0.3) is 0 Å². The highest BCUT2D eigenvalue weighted by Gasteiger charge is 2.23. The fourth-order valence-corrected chi connectivity index (χ4v) is 2.50. The van der Waals surface area contributed by atoms with Crippen LogP contribution >= 0.6 is 15.9 Å². The molecule has 0 fully saturated rings. The SMILES string of the molecule is CCCC(C)(N)Cc1c(Br)c(C)nn1CC. The van der Waals surface area contributed by atoms with Crippen molar-refractivity contribution in [3.63, 3.8) is 0 Å². The first-order valence-electron chi connectivity index (χ1n) is 5.92. The molecule has 0 saturated carbocycles. The van der Waals surface area contributed by atoms with E-state index in [9.17, 15) is 0 Å². The van der Waals surface area contributed by atoms with Crippen LogP contribution in [0, 0.1) is 6.92 Å². The van der Waals surface area contributed by atoms with Crippen LogP contribution in [0.25, 0.3) is 0 Å². The molecule has 0 aliphatic carbocycles. The topological polar surface area (TPSA) is 43.8 Å². The van der Waals surface area contributed by atoms with Crippen molar-refractivity contribution >= 4 is 15.9 Å². The average Bonchev–Trinajstić information content (AvgIpc) is 2.45. The van der Waals surface area contributed by atoms with Crippen LogP contribution in [-0.4, -0.2) is 15.3 Å². The fourth-order valence-electron chi connectivity index (χ4n) is 2.08. The van der Waals surface area contributed by atoms with E-state index < -0.39 is 0 Å². The van der Waals surface area contributed by atoms with E-state index >= 15 is 0 Å². The maximum Gasteiger partial charge on any atom is 0.0738 e. The Hall–Kier alpha value is -0.350. The van der Waals surface area contributed by atoms with Gasteiger partial charge >= 0.3 is 0 Å². The molecule has 0 aliphatic rings. The first-order chi connectivity index (χ1) is 7.41. The predicted octanol–water partition coefficient (Wildman–Crippen LogP) is 3.03. The van der Waals surface area contributed by atoms with Crippen molar-refractivity contribution in [2.24, 2.45) is 5.73 Å². The van der Waals surface area contributed by atoms with E-state index in [0.29, 0.717) is 0 Å². The van der Waals surface area contributed by atoms with Crippen molar-refractivity contribution in [2.75, 3.05) is 0 Å². The molecular formula is C12H22BrN3. The van der Waals surface area contributed by atoms with Crippen LogP contribution in [0.3, 0.4) is 0 Å². The summed E-state index contributed by atoms with van der Waals surface area (Å²) in [6.45, 7) is 9.31. The van der Waals surface area contributed by atoms with Crippen LogP contribution < -0.4 is 5.73 Å². The maximum atomic E-state index is 6.30. The number of hydrogen-bond donors (Lipinski definition) is 1. The van der Waals surface area contributed by atoms with Gasteiger partial charge in [-0.2, -0.15) is 5.10 Å². The molecule has 2 N–H and O–H groups in total. The minimum absolute atomic E-state index is 0.142. The Labute approximate surface area is 107 Å². The molecule has 0 spiro atoms. The van der Waals surface area contributed by atoms with Crippen LogP contribution in [0.5, 0.6) is 0 Å². The molecule has 0 aromatic carbocycles. The standard InChI is InChI=1S/C12H22BrN3/c1-5-7-12(4,14)8-10-11(13)9(3)15-16(10)6-2/h5-8,14H2,1-4H3. The number of aromatic nitrogens is 2. The minimum Gasteiger partial charge on any atom is -0.325 e. The van der Waals surface area contributed by atoms with Crippen LogP contribution in [-0.2, 0) is 13.0 Å². The van der Waals surface area contributed by atoms with Gasteiger partial charge in [-0.3, -0.25) is 4.68 Å². The molecule has 0 bridgehead atoms. The molecular weight excluding hydrogens is 266 g/mol. The Balaban J connectivity index is 2.95. The summed E-state index contributed by atoms with van der Waals surface area (Å²) in [4.78, 5) is 0. The number of halogens is 1. The first kappa shape index (κ1) is 13.7. The second kappa shape index (κ2) is 5.32. The third-order valence-electron chi connectivity index (χ3n) is 2.85. The lowest BCUT2D eigenvalue weighted by Crippen LogP contribution is -2.39. The van der Waals surface area contributed by atoms with Crippen LogP contribution in [0.4, 0.5) is 0 Å². The molecule has 1 rings (SSSR count). The van der Waals surface area contributed by atoms with Gasteiger partial charge in [0.1, 0.15) is 0 Å². The monoisotopic (exact) mass is 287 g/mol. The van der Waals surface area contributed by atoms with Crippen LogP contribution in [0.1, 0.15) is 45.0 Å². The van der Waals surface area contributed by atoms with Gasteiger partial charge in [0.15, 0.2) is 0 Å². The van der Waals surface area contributed by atoms with Gasteiger partial charge in [-0.25, -0.2) is 0 Å². The second-order valence-electron chi connectivity index (χ2n) is 4.74. The first-order valence-corrected chi connectivity index (χ1v) is 6.71. The summed E-state index contributed by atoms with van der Waals surface area (Å²) < 4.78 is 3.15. The molecule has 0 amide bonds. The largest absolute Gasteiger partial charge is 0.325 e. The van der Waals surface area contributed by atoms with Crippen LogP contribution in [0.15, 0.2) is 4.47 Å². The minimum atomic E-state index is -0.142. The summed E-state index contributed by atoms with van der Waals surface area (Å²) in [7, 11) is 0. The van der Waals surface area contributed by atoms with Gasteiger partial charge in [-0.1, -0.05) is 13.3 Å². The molecule has 92 valence electrons. The maximum absolute atomic E-state index is 6.30. The number of nitrogens with two attached hydrogens (primary N) is 1. The van der Waals surface area contributed by atoms with E-state index in [2.05, 4.69) is 41.8 Å². The van der Waals surface area contributed by atoms with E-state index in [0.717, 1.165) is 36.0 Å². The summed E-state index contributed by atoms with van der Waals surface area (Å²) >= 11 is 3.61. The Morgan fingerprint density at radius 3 is 2.56 bits per heavy atom. The zero-order chi connectivity index (χ0) is 12.3. The zero-order valence-corrected chi connectivity index (χ0v) is 12.3. The molecule has 0 saturated heterocycles. The van der Waals surface area contributed by atoms with Gasteiger partial charge in [0.2, 0.25) is 0 Å². The Morgan fingerprint density at radius 1 is 1.44 bits per heavy atom. The van der Waals surface area contributed by atoms with Gasteiger partial charge < -0.3 is 5.73 Å². The highest BCUT2D eigenvalue weighted by atomic mass is 79.9. The third kappa shape index (κ3) is 3.08. The zero-order valence-electron chi connectivity index (χ0n) is 10.7. The Bertz CT molecular complexity index is 355. The van der Waals surface area contributed by atoms with E-state index in [4.69, 9.17) is 5.73 Å². The normalized spacial score (nSPS) is 15.1. The molecule has 1 atom stereocenters.